The molecule has 0 aliphatic heterocycles. The summed E-state index contributed by atoms with van der Waals surface area (Å²) in [5.74, 6) is 0.327. The second-order valence-corrected chi connectivity index (χ2v) is 3.99. The number of pyridine rings is 1. The van der Waals surface area contributed by atoms with Crippen LogP contribution in [0, 0.1) is 0 Å². The molecule has 1 heterocycles. The van der Waals surface area contributed by atoms with Crippen LogP contribution in [0.25, 0.3) is 0 Å². The molecule has 1 aromatic carbocycles. The average Bonchev–Trinajstić information content (AvgIpc) is 2.38. The quantitative estimate of drug-likeness (QED) is 0.845. The zero-order chi connectivity index (χ0) is 12.1. The van der Waals surface area contributed by atoms with Crippen LogP contribution >= 0.6 is 0 Å². The molecular weight excluding hydrogens is 212 g/mol. The monoisotopic (exact) mass is 228 g/mol. The highest BCUT2D eigenvalue weighted by Gasteiger charge is 2.06. The Morgan fingerprint density at radius 3 is 2.65 bits per heavy atom. The lowest BCUT2D eigenvalue weighted by Gasteiger charge is -2.13. The van der Waals surface area contributed by atoms with Crippen LogP contribution in [-0.4, -0.2) is 10.1 Å². The highest BCUT2D eigenvalue weighted by Crippen LogP contribution is 2.16. The van der Waals surface area contributed by atoms with Gasteiger partial charge < -0.3 is 10.4 Å². The first kappa shape index (κ1) is 11.6. The van der Waals surface area contributed by atoms with E-state index < -0.39 is 0 Å². The summed E-state index contributed by atoms with van der Waals surface area (Å²) in [6.07, 6.45) is 1.79. The van der Waals surface area contributed by atoms with Gasteiger partial charge in [-0.2, -0.15) is 0 Å². The molecule has 0 aliphatic rings. The first-order valence-electron chi connectivity index (χ1n) is 5.68. The lowest BCUT2D eigenvalue weighted by atomic mass is 10.1. The van der Waals surface area contributed by atoms with Gasteiger partial charge in [0.15, 0.2) is 0 Å². The van der Waals surface area contributed by atoms with E-state index in [4.69, 9.17) is 0 Å². The van der Waals surface area contributed by atoms with Crippen LogP contribution in [0.3, 0.4) is 0 Å². The van der Waals surface area contributed by atoms with Crippen molar-refractivity contribution < 1.29 is 5.11 Å². The minimum absolute atomic E-state index is 0.163. The van der Waals surface area contributed by atoms with Crippen molar-refractivity contribution in [3.05, 3.63) is 59.9 Å². The summed E-state index contributed by atoms with van der Waals surface area (Å²) in [5, 5.41) is 13.0. The second-order valence-electron chi connectivity index (χ2n) is 3.99. The van der Waals surface area contributed by atoms with Gasteiger partial charge >= 0.3 is 0 Å². The molecular formula is C14H16N2O. The van der Waals surface area contributed by atoms with Crippen LogP contribution in [0.5, 0.6) is 5.75 Å². The summed E-state index contributed by atoms with van der Waals surface area (Å²) in [5.41, 5.74) is 1.90. The van der Waals surface area contributed by atoms with Crippen LogP contribution in [-0.2, 0) is 6.54 Å². The number of rotatable bonds is 4. The van der Waals surface area contributed by atoms with Crippen molar-refractivity contribution >= 4 is 0 Å². The number of hydrogen-bond donors (Lipinski definition) is 2. The average molecular weight is 228 g/mol. The molecule has 0 saturated carbocycles. The summed E-state index contributed by atoms with van der Waals surface area (Å²) in [7, 11) is 0. The minimum atomic E-state index is 0.163. The van der Waals surface area contributed by atoms with Gasteiger partial charge in [-0.05, 0) is 25.1 Å². The van der Waals surface area contributed by atoms with E-state index in [1.165, 1.54) is 0 Å². The molecule has 3 nitrogen and oxygen atoms in total. The number of benzene rings is 1. The topological polar surface area (TPSA) is 45.1 Å². The Bertz CT molecular complexity index is 471. The summed E-state index contributed by atoms with van der Waals surface area (Å²) < 4.78 is 0. The van der Waals surface area contributed by atoms with Crippen molar-refractivity contribution in [3.8, 4) is 5.75 Å². The number of aromatic nitrogens is 1. The van der Waals surface area contributed by atoms with E-state index in [0.29, 0.717) is 12.3 Å². The third kappa shape index (κ3) is 3.04. The minimum Gasteiger partial charge on any atom is -0.508 e. The van der Waals surface area contributed by atoms with E-state index in [2.05, 4.69) is 17.2 Å². The molecule has 1 atom stereocenters. The van der Waals surface area contributed by atoms with Crippen molar-refractivity contribution in [3.63, 3.8) is 0 Å². The molecule has 2 aromatic rings. The largest absolute Gasteiger partial charge is 0.508 e. The van der Waals surface area contributed by atoms with Gasteiger partial charge in [-0.3, -0.25) is 4.98 Å². The molecule has 3 heteroatoms. The number of hydrogen-bond acceptors (Lipinski definition) is 3. The first-order valence-corrected chi connectivity index (χ1v) is 5.68. The Hall–Kier alpha value is -1.87. The van der Waals surface area contributed by atoms with E-state index in [-0.39, 0.29) is 6.04 Å². The zero-order valence-electron chi connectivity index (χ0n) is 9.80. The molecule has 1 aromatic heterocycles. The maximum atomic E-state index is 9.64. The number of para-hydroxylation sites is 1. The molecule has 0 amide bonds. The molecule has 0 unspecified atom stereocenters. The predicted octanol–water partition coefficient (Wildman–Crippen LogP) is 2.64. The third-order valence-electron chi connectivity index (χ3n) is 2.72. The van der Waals surface area contributed by atoms with Gasteiger partial charge in [0.1, 0.15) is 5.75 Å². The van der Waals surface area contributed by atoms with Crippen molar-refractivity contribution in [2.75, 3.05) is 0 Å². The third-order valence-corrected chi connectivity index (χ3v) is 2.72. The number of nitrogens with one attached hydrogen (secondary N) is 1. The van der Waals surface area contributed by atoms with Crippen LogP contribution in [0.2, 0.25) is 0 Å². The van der Waals surface area contributed by atoms with Crippen molar-refractivity contribution in [1.82, 2.24) is 10.3 Å². The van der Waals surface area contributed by atoms with Crippen LogP contribution in [0.1, 0.15) is 24.2 Å². The Morgan fingerprint density at radius 2 is 1.94 bits per heavy atom. The molecule has 0 aliphatic carbocycles. The molecule has 88 valence electrons. The molecule has 2 rings (SSSR count). The van der Waals surface area contributed by atoms with Crippen LogP contribution in [0.15, 0.2) is 48.7 Å². The summed E-state index contributed by atoms with van der Waals surface area (Å²) in [6, 6.07) is 13.4. The van der Waals surface area contributed by atoms with Gasteiger partial charge in [-0.1, -0.05) is 24.3 Å². The van der Waals surface area contributed by atoms with Crippen molar-refractivity contribution in [1.29, 1.82) is 0 Å². The van der Waals surface area contributed by atoms with Crippen molar-refractivity contribution in [2.24, 2.45) is 0 Å². The van der Waals surface area contributed by atoms with E-state index in [0.717, 1.165) is 11.3 Å². The smallest absolute Gasteiger partial charge is 0.120 e. The molecule has 0 spiro atoms. The first-order chi connectivity index (χ1) is 8.27. The molecule has 0 radical (unpaired) electrons. The fourth-order valence-electron chi connectivity index (χ4n) is 1.66. The molecule has 0 bridgehead atoms. The Morgan fingerprint density at radius 1 is 1.18 bits per heavy atom. The maximum absolute atomic E-state index is 9.64. The number of aromatic hydroxyl groups is 1. The van der Waals surface area contributed by atoms with Gasteiger partial charge in [0.05, 0.1) is 5.69 Å². The summed E-state index contributed by atoms with van der Waals surface area (Å²) in [6.45, 7) is 2.69. The second kappa shape index (κ2) is 5.46. The van der Waals surface area contributed by atoms with Crippen LogP contribution < -0.4 is 5.32 Å². The van der Waals surface area contributed by atoms with E-state index >= 15 is 0 Å². The summed E-state index contributed by atoms with van der Waals surface area (Å²) in [4.78, 5) is 4.29. The fraction of sp³-hybridized carbons (Fsp3) is 0.214. The standard InChI is InChI=1S/C14H16N2O/c1-11(13-7-4-5-9-15-13)16-10-12-6-2-3-8-14(12)17/h2-9,11,16-17H,10H2,1H3/t11-/m0/s1. The van der Waals surface area contributed by atoms with E-state index in [9.17, 15) is 5.11 Å². The Kier molecular flexibility index (Phi) is 3.73. The number of nitrogens with zero attached hydrogens (tertiary/aromatic N) is 1. The van der Waals surface area contributed by atoms with E-state index in [1.54, 1.807) is 12.3 Å². The maximum Gasteiger partial charge on any atom is 0.120 e. The molecule has 0 fully saturated rings. The number of phenols is 1. The predicted molar refractivity (Wildman–Crippen MR) is 67.6 cm³/mol. The zero-order valence-corrected chi connectivity index (χ0v) is 9.80. The fourth-order valence-corrected chi connectivity index (χ4v) is 1.66. The van der Waals surface area contributed by atoms with Gasteiger partial charge in [-0.25, -0.2) is 0 Å². The van der Waals surface area contributed by atoms with Crippen molar-refractivity contribution in [2.45, 2.75) is 19.5 Å². The number of phenolic OH excluding ortho intramolecular Hbond substituents is 1. The lowest BCUT2D eigenvalue weighted by molar-refractivity contribution is 0.459. The van der Waals surface area contributed by atoms with E-state index in [1.807, 2.05) is 36.4 Å². The Labute approximate surface area is 101 Å². The lowest BCUT2D eigenvalue weighted by Crippen LogP contribution is -2.18. The van der Waals surface area contributed by atoms with Gasteiger partial charge in [0, 0.05) is 24.3 Å². The molecule has 17 heavy (non-hydrogen) atoms. The molecule has 0 saturated heterocycles. The summed E-state index contributed by atoms with van der Waals surface area (Å²) >= 11 is 0. The highest BCUT2D eigenvalue weighted by atomic mass is 16.3. The van der Waals surface area contributed by atoms with Gasteiger partial charge in [0.25, 0.3) is 0 Å². The van der Waals surface area contributed by atoms with Gasteiger partial charge in [0.2, 0.25) is 0 Å². The SMILES string of the molecule is C[C@H](NCc1ccccc1O)c1ccccn1. The van der Waals surface area contributed by atoms with Gasteiger partial charge in [-0.15, -0.1) is 0 Å². The van der Waals surface area contributed by atoms with Crippen LogP contribution in [0.4, 0.5) is 0 Å². The Balaban J connectivity index is 1.97. The highest BCUT2D eigenvalue weighted by molar-refractivity contribution is 5.31. The normalized spacial score (nSPS) is 12.3. The molecule has 2 N–H and O–H groups in total.